The van der Waals surface area contributed by atoms with Crippen LogP contribution in [0, 0.1) is 23.5 Å². The molecule has 0 bridgehead atoms. The van der Waals surface area contributed by atoms with Crippen molar-refractivity contribution >= 4 is 0 Å². The van der Waals surface area contributed by atoms with Gasteiger partial charge in [0.1, 0.15) is 11.6 Å². The molecule has 18 heavy (non-hydrogen) atoms. The summed E-state index contributed by atoms with van der Waals surface area (Å²) in [6, 6.07) is 3.90. The van der Waals surface area contributed by atoms with Gasteiger partial charge in [-0.05, 0) is 49.5 Å². The van der Waals surface area contributed by atoms with Crippen molar-refractivity contribution in [3.05, 3.63) is 35.4 Å². The molecule has 0 radical (unpaired) electrons. The zero-order chi connectivity index (χ0) is 12.7. The third-order valence-corrected chi connectivity index (χ3v) is 4.33. The summed E-state index contributed by atoms with van der Waals surface area (Å²) in [5.41, 5.74) is 0.737. The van der Waals surface area contributed by atoms with Gasteiger partial charge in [-0.3, -0.25) is 4.90 Å². The molecule has 2 heterocycles. The van der Waals surface area contributed by atoms with Gasteiger partial charge in [0.25, 0.3) is 0 Å². The molecule has 4 heteroatoms. The number of nitrogens with zero attached hydrogens (tertiary/aromatic N) is 1. The van der Waals surface area contributed by atoms with Crippen LogP contribution in [0.15, 0.2) is 18.2 Å². The number of benzene rings is 1. The Kier molecular flexibility index (Phi) is 3.08. The minimum Gasteiger partial charge on any atom is -0.316 e. The SMILES string of the molecule is CC(c1cc(F)cc(F)c1)N1C[C@H]2CNC[C@H]2C1. The second kappa shape index (κ2) is 4.59. The molecule has 1 N–H and O–H groups in total. The highest BCUT2D eigenvalue weighted by Gasteiger charge is 2.37. The molecule has 2 aliphatic heterocycles. The molecule has 1 aromatic carbocycles. The minimum absolute atomic E-state index is 0.0841. The number of nitrogens with one attached hydrogen (secondary N) is 1. The van der Waals surface area contributed by atoms with Gasteiger partial charge in [0, 0.05) is 25.2 Å². The Morgan fingerprint density at radius 2 is 1.67 bits per heavy atom. The van der Waals surface area contributed by atoms with Gasteiger partial charge in [-0.2, -0.15) is 0 Å². The highest BCUT2D eigenvalue weighted by atomic mass is 19.1. The van der Waals surface area contributed by atoms with Gasteiger partial charge in [-0.25, -0.2) is 8.78 Å². The zero-order valence-electron chi connectivity index (χ0n) is 10.5. The van der Waals surface area contributed by atoms with Crippen LogP contribution in [0.25, 0.3) is 0 Å². The normalized spacial score (nSPS) is 29.5. The molecule has 0 aliphatic carbocycles. The summed E-state index contributed by atoms with van der Waals surface area (Å²) in [4.78, 5) is 2.34. The lowest BCUT2D eigenvalue weighted by molar-refractivity contribution is 0.243. The maximum Gasteiger partial charge on any atom is 0.126 e. The summed E-state index contributed by atoms with van der Waals surface area (Å²) >= 11 is 0. The third kappa shape index (κ3) is 2.15. The molecule has 2 aliphatic rings. The van der Waals surface area contributed by atoms with E-state index in [-0.39, 0.29) is 6.04 Å². The molecule has 1 unspecified atom stereocenters. The maximum absolute atomic E-state index is 13.2. The first kappa shape index (κ1) is 12.1. The first-order valence-corrected chi connectivity index (χ1v) is 6.54. The van der Waals surface area contributed by atoms with Gasteiger partial charge in [0.05, 0.1) is 0 Å². The quantitative estimate of drug-likeness (QED) is 0.868. The summed E-state index contributed by atoms with van der Waals surface area (Å²) in [7, 11) is 0. The second-order valence-corrected chi connectivity index (χ2v) is 5.51. The van der Waals surface area contributed by atoms with Gasteiger partial charge in [0.2, 0.25) is 0 Å². The molecule has 0 spiro atoms. The number of likely N-dealkylation sites (tertiary alicyclic amines) is 1. The number of hydrogen-bond donors (Lipinski definition) is 1. The molecule has 2 nitrogen and oxygen atoms in total. The van der Waals surface area contributed by atoms with Crippen LogP contribution < -0.4 is 5.32 Å². The zero-order valence-corrected chi connectivity index (χ0v) is 10.5. The smallest absolute Gasteiger partial charge is 0.126 e. The Hall–Kier alpha value is -1.00. The van der Waals surface area contributed by atoms with Crippen molar-refractivity contribution < 1.29 is 8.78 Å². The van der Waals surface area contributed by atoms with Crippen molar-refractivity contribution in [1.82, 2.24) is 10.2 Å². The second-order valence-electron chi connectivity index (χ2n) is 5.51. The van der Waals surface area contributed by atoms with Gasteiger partial charge in [0.15, 0.2) is 0 Å². The lowest BCUT2D eigenvalue weighted by atomic mass is 10.0. The van der Waals surface area contributed by atoms with E-state index in [9.17, 15) is 8.78 Å². The number of hydrogen-bond acceptors (Lipinski definition) is 2. The number of fused-ring (bicyclic) bond motifs is 1. The Morgan fingerprint density at radius 1 is 1.11 bits per heavy atom. The average molecular weight is 252 g/mol. The summed E-state index contributed by atoms with van der Waals surface area (Å²) in [6.07, 6.45) is 0. The largest absolute Gasteiger partial charge is 0.316 e. The van der Waals surface area contributed by atoms with Crippen molar-refractivity contribution in [3.8, 4) is 0 Å². The van der Waals surface area contributed by atoms with Crippen molar-refractivity contribution in [2.24, 2.45) is 11.8 Å². The first-order chi connectivity index (χ1) is 8.63. The molecule has 3 atom stereocenters. The fourth-order valence-electron chi connectivity index (χ4n) is 3.24. The minimum atomic E-state index is -0.488. The molecule has 0 saturated carbocycles. The van der Waals surface area contributed by atoms with E-state index >= 15 is 0 Å². The van der Waals surface area contributed by atoms with Crippen LogP contribution >= 0.6 is 0 Å². The predicted octanol–water partition coefficient (Wildman–Crippen LogP) is 2.18. The lowest BCUT2D eigenvalue weighted by Crippen LogP contribution is -2.28. The Balaban J connectivity index is 1.76. The maximum atomic E-state index is 13.2. The summed E-state index contributed by atoms with van der Waals surface area (Å²) in [5.74, 6) is 0.424. The van der Waals surface area contributed by atoms with Crippen LogP contribution in [0.1, 0.15) is 18.5 Å². The van der Waals surface area contributed by atoms with Crippen LogP contribution in [-0.2, 0) is 0 Å². The molecular weight excluding hydrogens is 234 g/mol. The lowest BCUT2D eigenvalue weighted by Gasteiger charge is -2.25. The van der Waals surface area contributed by atoms with Gasteiger partial charge < -0.3 is 5.32 Å². The Labute approximate surface area is 106 Å². The molecule has 1 aromatic rings. The van der Waals surface area contributed by atoms with Crippen LogP contribution in [0.3, 0.4) is 0 Å². The van der Waals surface area contributed by atoms with Crippen LogP contribution in [0.2, 0.25) is 0 Å². The molecule has 0 aromatic heterocycles. The summed E-state index contributed by atoms with van der Waals surface area (Å²) < 4.78 is 26.5. The average Bonchev–Trinajstić information content (AvgIpc) is 2.86. The van der Waals surface area contributed by atoms with E-state index < -0.39 is 11.6 Å². The van der Waals surface area contributed by atoms with Crippen molar-refractivity contribution in [3.63, 3.8) is 0 Å². The van der Waals surface area contributed by atoms with Gasteiger partial charge >= 0.3 is 0 Å². The highest BCUT2D eigenvalue weighted by molar-refractivity contribution is 5.21. The standard InChI is InChI=1S/C14H18F2N2/c1-9(10-2-13(15)4-14(16)3-10)18-7-11-5-17-6-12(11)8-18/h2-4,9,11-12,17H,5-8H2,1H3/t9?,11-,12+. The fraction of sp³-hybridized carbons (Fsp3) is 0.571. The topological polar surface area (TPSA) is 15.3 Å². The van der Waals surface area contributed by atoms with E-state index in [2.05, 4.69) is 10.2 Å². The van der Waals surface area contributed by atoms with Crippen molar-refractivity contribution in [2.45, 2.75) is 13.0 Å². The monoisotopic (exact) mass is 252 g/mol. The van der Waals surface area contributed by atoms with Gasteiger partial charge in [-0.1, -0.05) is 0 Å². The van der Waals surface area contributed by atoms with Crippen LogP contribution in [0.4, 0.5) is 8.78 Å². The highest BCUT2D eigenvalue weighted by Crippen LogP contribution is 2.33. The van der Waals surface area contributed by atoms with Gasteiger partial charge in [-0.15, -0.1) is 0 Å². The number of rotatable bonds is 2. The molecule has 2 fully saturated rings. The van der Waals surface area contributed by atoms with Crippen molar-refractivity contribution in [1.29, 1.82) is 0 Å². The molecule has 2 saturated heterocycles. The predicted molar refractivity (Wildman–Crippen MR) is 66.2 cm³/mol. The van der Waals surface area contributed by atoms with Crippen LogP contribution in [-0.4, -0.2) is 31.1 Å². The Bertz CT molecular complexity index is 417. The number of halogens is 2. The first-order valence-electron chi connectivity index (χ1n) is 6.54. The molecule has 3 rings (SSSR count). The van der Waals surface area contributed by atoms with E-state index in [0.29, 0.717) is 11.8 Å². The van der Waals surface area contributed by atoms with E-state index in [1.165, 1.54) is 12.1 Å². The Morgan fingerprint density at radius 3 is 2.22 bits per heavy atom. The van der Waals surface area contributed by atoms with E-state index in [0.717, 1.165) is 37.8 Å². The summed E-state index contributed by atoms with van der Waals surface area (Å²) in [6.45, 7) is 6.23. The van der Waals surface area contributed by atoms with Crippen molar-refractivity contribution in [2.75, 3.05) is 26.2 Å². The van der Waals surface area contributed by atoms with E-state index in [1.54, 1.807) is 0 Å². The van der Waals surface area contributed by atoms with Crippen LogP contribution in [0.5, 0.6) is 0 Å². The fourth-order valence-corrected chi connectivity index (χ4v) is 3.24. The molecule has 0 amide bonds. The third-order valence-electron chi connectivity index (χ3n) is 4.33. The van der Waals surface area contributed by atoms with E-state index in [1.807, 2.05) is 6.92 Å². The summed E-state index contributed by atoms with van der Waals surface area (Å²) in [5, 5.41) is 3.40. The molecule has 98 valence electrons. The molecular formula is C14H18F2N2. The van der Waals surface area contributed by atoms with E-state index in [4.69, 9.17) is 0 Å².